The summed E-state index contributed by atoms with van der Waals surface area (Å²) in [5, 5.41) is 2.12. The second-order valence-electron chi connectivity index (χ2n) is 15.4. The van der Waals surface area contributed by atoms with Gasteiger partial charge in [-0.15, -0.1) is 0 Å². The molecule has 2 fully saturated rings. The van der Waals surface area contributed by atoms with Gasteiger partial charge in [-0.25, -0.2) is 0 Å². The molecule has 2 saturated heterocycles. The topological polar surface area (TPSA) is 123 Å². The van der Waals surface area contributed by atoms with Gasteiger partial charge in [0.2, 0.25) is 5.96 Å². The van der Waals surface area contributed by atoms with Crippen LogP contribution in [0.15, 0.2) is 15.0 Å². The average molecular weight is 608 g/mol. The number of nitrogens with one attached hydrogen (secondary N) is 1. The van der Waals surface area contributed by atoms with E-state index in [1.54, 1.807) is 25.1 Å². The van der Waals surface area contributed by atoms with E-state index in [0.717, 1.165) is 0 Å². The van der Waals surface area contributed by atoms with E-state index in [9.17, 15) is 9.59 Å². The molecule has 0 aromatic rings. The standard InChI is InChI=1S/C28H49N5O6Si2/c1-16(2)22(34)31-25-30-21-18(23(35)32-25)29-15-33(21)24-20(38-40(12,13)26(3,4)5)19-17(37-24)14-36-41(39-19,27(6,7)8)28(9,10)11/h15-20,24H,14H2,1-13H3,(H,31,32,34,35)/t17-,18?,19-,20-,24-/m1/s1. The fourth-order valence-electron chi connectivity index (χ4n) is 5.69. The molecule has 5 atom stereocenters. The van der Waals surface area contributed by atoms with Gasteiger partial charge in [-0.05, 0) is 18.1 Å². The Morgan fingerprint density at radius 3 is 2.29 bits per heavy atom. The van der Waals surface area contributed by atoms with Crippen molar-refractivity contribution < 1.29 is 27.6 Å². The Kier molecular flexibility index (Phi) is 8.19. The zero-order valence-corrected chi connectivity index (χ0v) is 29.0. The van der Waals surface area contributed by atoms with E-state index >= 15 is 0 Å². The van der Waals surface area contributed by atoms with Crippen molar-refractivity contribution in [2.75, 3.05) is 6.61 Å². The number of nitrogens with zero attached hydrogens (tertiary/aromatic N) is 4. The summed E-state index contributed by atoms with van der Waals surface area (Å²) in [5.41, 5.74) is 0. The zero-order chi connectivity index (χ0) is 30.9. The van der Waals surface area contributed by atoms with Crippen LogP contribution in [0.5, 0.6) is 0 Å². The minimum absolute atomic E-state index is 0.0424. The van der Waals surface area contributed by atoms with Gasteiger partial charge in [0.05, 0.1) is 12.9 Å². The van der Waals surface area contributed by atoms with Gasteiger partial charge in [0.15, 0.2) is 26.4 Å². The Hall–Kier alpha value is -1.78. The van der Waals surface area contributed by atoms with Crippen molar-refractivity contribution in [3.8, 4) is 0 Å². The van der Waals surface area contributed by atoms with E-state index in [1.807, 2.05) is 0 Å². The number of hydrogen-bond acceptors (Lipinski definition) is 8. The molecule has 0 spiro atoms. The van der Waals surface area contributed by atoms with E-state index in [1.165, 1.54) is 0 Å². The minimum Gasteiger partial charge on any atom is -0.407 e. The van der Waals surface area contributed by atoms with Gasteiger partial charge in [-0.1, -0.05) is 76.2 Å². The fourth-order valence-corrected chi connectivity index (χ4v) is 11.9. The second kappa shape index (κ2) is 10.4. The molecule has 2 amide bonds. The van der Waals surface area contributed by atoms with Crippen LogP contribution in [-0.2, 0) is 27.6 Å². The Labute approximate surface area is 246 Å². The molecular formula is C28H49N5O6Si2. The number of guanidine groups is 1. The molecule has 4 heterocycles. The molecule has 13 heteroatoms. The molecule has 1 unspecified atom stereocenters. The molecule has 4 aliphatic rings. The zero-order valence-electron chi connectivity index (χ0n) is 27.0. The first-order chi connectivity index (χ1) is 18.6. The average Bonchev–Trinajstić information content (AvgIpc) is 3.37. The van der Waals surface area contributed by atoms with Gasteiger partial charge in [0.25, 0.3) is 11.8 Å². The molecule has 0 aromatic heterocycles. The van der Waals surface area contributed by atoms with Gasteiger partial charge in [-0.2, -0.15) is 9.98 Å². The highest BCUT2D eigenvalue weighted by atomic mass is 28.4. The van der Waals surface area contributed by atoms with Crippen LogP contribution in [0, 0.1) is 5.92 Å². The number of amidine groups is 1. The number of ether oxygens (including phenoxy) is 1. The van der Waals surface area contributed by atoms with Gasteiger partial charge in [0.1, 0.15) is 18.3 Å². The van der Waals surface area contributed by atoms with Crippen LogP contribution in [0.3, 0.4) is 0 Å². The minimum atomic E-state index is -2.84. The smallest absolute Gasteiger partial charge is 0.349 e. The lowest BCUT2D eigenvalue weighted by Crippen LogP contribution is -2.66. The third kappa shape index (κ3) is 5.65. The van der Waals surface area contributed by atoms with Crippen molar-refractivity contribution >= 4 is 46.8 Å². The maximum absolute atomic E-state index is 13.0. The van der Waals surface area contributed by atoms with E-state index in [0.29, 0.717) is 12.4 Å². The van der Waals surface area contributed by atoms with Gasteiger partial charge in [0, 0.05) is 16.0 Å². The van der Waals surface area contributed by atoms with Crippen LogP contribution < -0.4 is 5.32 Å². The van der Waals surface area contributed by atoms with Crippen molar-refractivity contribution in [3.63, 3.8) is 0 Å². The number of carbonyl (C=O) groups is 2. The molecule has 4 rings (SSSR count). The molecule has 230 valence electrons. The first-order valence-electron chi connectivity index (χ1n) is 14.6. The molecule has 0 radical (unpaired) electrons. The van der Waals surface area contributed by atoms with Crippen LogP contribution in [0.25, 0.3) is 0 Å². The van der Waals surface area contributed by atoms with Crippen molar-refractivity contribution in [3.05, 3.63) is 0 Å². The van der Waals surface area contributed by atoms with Crippen LogP contribution in [-0.4, -0.2) is 88.9 Å². The highest BCUT2D eigenvalue weighted by Crippen LogP contribution is 2.56. The van der Waals surface area contributed by atoms with E-state index in [2.05, 4.69) is 95.7 Å². The predicted octanol–water partition coefficient (Wildman–Crippen LogP) is 4.34. The molecule has 0 aromatic carbocycles. The molecule has 1 N–H and O–H groups in total. The lowest BCUT2D eigenvalue weighted by molar-refractivity contribution is -0.120. The number of hydrogen-bond donors (Lipinski definition) is 1. The maximum atomic E-state index is 13.0. The summed E-state index contributed by atoms with van der Waals surface area (Å²) in [4.78, 5) is 40.1. The summed E-state index contributed by atoms with van der Waals surface area (Å²) in [6, 6.07) is -0.863. The molecular weight excluding hydrogens is 559 g/mol. The summed E-state index contributed by atoms with van der Waals surface area (Å²) in [5.74, 6) is -0.782. The third-order valence-electron chi connectivity index (χ3n) is 8.79. The lowest BCUT2D eigenvalue weighted by Gasteiger charge is -2.54. The molecule has 41 heavy (non-hydrogen) atoms. The highest BCUT2D eigenvalue weighted by molar-refractivity contribution is 6.74. The maximum Gasteiger partial charge on any atom is 0.349 e. The molecule has 0 bridgehead atoms. The fraction of sp³-hybridized carbons (Fsp3) is 0.821. The summed E-state index contributed by atoms with van der Waals surface area (Å²) in [7, 11) is -5.16. The van der Waals surface area contributed by atoms with Crippen molar-refractivity contribution in [1.82, 2.24) is 10.2 Å². The van der Waals surface area contributed by atoms with Gasteiger partial charge < -0.3 is 18.0 Å². The summed E-state index contributed by atoms with van der Waals surface area (Å²) >= 11 is 0. The number of rotatable bonds is 4. The van der Waals surface area contributed by atoms with Crippen molar-refractivity contribution in [2.45, 2.75) is 135 Å². The number of aliphatic imine (C=N–C) groups is 3. The largest absolute Gasteiger partial charge is 0.407 e. The predicted molar refractivity (Wildman–Crippen MR) is 164 cm³/mol. The monoisotopic (exact) mass is 607 g/mol. The quantitative estimate of drug-likeness (QED) is 0.472. The Bertz CT molecular complexity index is 1150. The Balaban J connectivity index is 1.77. The van der Waals surface area contributed by atoms with Crippen molar-refractivity contribution in [2.24, 2.45) is 20.9 Å². The van der Waals surface area contributed by atoms with Crippen LogP contribution in [0.2, 0.25) is 28.2 Å². The van der Waals surface area contributed by atoms with Crippen LogP contribution >= 0.6 is 0 Å². The summed E-state index contributed by atoms with van der Waals surface area (Å²) in [6.07, 6.45) is -0.320. The van der Waals surface area contributed by atoms with E-state index in [4.69, 9.17) is 18.0 Å². The molecule has 4 aliphatic heterocycles. The normalized spacial score (nSPS) is 31.3. The Morgan fingerprint density at radius 2 is 1.76 bits per heavy atom. The van der Waals surface area contributed by atoms with Gasteiger partial charge in [-0.3, -0.25) is 24.8 Å². The lowest BCUT2D eigenvalue weighted by atomic mass is 10.1. The molecule has 11 nitrogen and oxygen atoms in total. The second-order valence-corrected chi connectivity index (χ2v) is 24.9. The number of amides is 2. The van der Waals surface area contributed by atoms with Gasteiger partial charge >= 0.3 is 8.56 Å². The number of carbonyl (C=O) groups excluding carboxylic acids is 2. The molecule has 0 saturated carbocycles. The van der Waals surface area contributed by atoms with Crippen LogP contribution in [0.4, 0.5) is 0 Å². The first-order valence-corrected chi connectivity index (χ1v) is 19.3. The van der Waals surface area contributed by atoms with Crippen molar-refractivity contribution in [1.29, 1.82) is 0 Å². The SMILES string of the molecule is CC(C)C(=O)N=C1N=C2C(N=CN2[C@@H]2O[C@@H]3CO[Si](C(C)(C)C)(C(C)(C)C)O[C@H]3[C@H]2O[Si](C)(C)C(C)(C)C)C(=O)N1. The molecule has 0 aliphatic carbocycles. The van der Waals surface area contributed by atoms with E-state index < -0.39 is 41.2 Å². The number of fused-ring (bicyclic) bond motifs is 2. The summed E-state index contributed by atoms with van der Waals surface area (Å²) < 4.78 is 27.7. The third-order valence-corrected chi connectivity index (χ3v) is 18.4. The summed E-state index contributed by atoms with van der Waals surface area (Å²) in [6.45, 7) is 28.0. The van der Waals surface area contributed by atoms with Crippen LogP contribution in [0.1, 0.15) is 76.2 Å². The van der Waals surface area contributed by atoms with E-state index in [-0.39, 0.29) is 45.1 Å². The highest BCUT2D eigenvalue weighted by Gasteiger charge is 2.66. The Morgan fingerprint density at radius 1 is 1.15 bits per heavy atom. The first kappa shape index (κ1) is 32.1.